The zero-order valence-corrected chi connectivity index (χ0v) is 19.4. The third-order valence-electron chi connectivity index (χ3n) is 8.93. The van der Waals surface area contributed by atoms with Gasteiger partial charge in [-0.2, -0.15) is 0 Å². The number of hydrogen-bond donors (Lipinski definition) is 1. The molecule has 7 rings (SSSR count). The lowest BCUT2D eigenvalue weighted by molar-refractivity contribution is 0.0600. The molecule has 5 aliphatic rings. The number of nitrogens with one attached hydrogen (secondary N) is 1. The number of fused-ring (bicyclic) bond motifs is 3. The van der Waals surface area contributed by atoms with Gasteiger partial charge in [0, 0.05) is 35.3 Å². The van der Waals surface area contributed by atoms with Crippen LogP contribution in [0.4, 0.5) is 0 Å². The zero-order chi connectivity index (χ0) is 22.6. The summed E-state index contributed by atoms with van der Waals surface area (Å²) in [5.74, 6) is 1.66. The van der Waals surface area contributed by atoms with Gasteiger partial charge in [-0.15, -0.1) is 0 Å². The fraction of sp³-hybridized carbons (Fsp3) is 0.500. The highest BCUT2D eigenvalue weighted by Gasteiger charge is 2.59. The molecule has 2 bridgehead atoms. The van der Waals surface area contributed by atoms with Crippen LogP contribution in [0.1, 0.15) is 60.1 Å². The summed E-state index contributed by atoms with van der Waals surface area (Å²) in [5, 5.41) is 3.87. The maximum absolute atomic E-state index is 13.7. The van der Waals surface area contributed by atoms with Crippen LogP contribution in [-0.4, -0.2) is 41.5 Å². The van der Waals surface area contributed by atoms with Crippen LogP contribution in [0.15, 0.2) is 54.9 Å². The van der Waals surface area contributed by atoms with Gasteiger partial charge in [-0.25, -0.2) is 0 Å². The van der Waals surface area contributed by atoms with E-state index in [1.165, 1.54) is 11.1 Å². The highest BCUT2D eigenvalue weighted by molar-refractivity contribution is 5.94. The summed E-state index contributed by atoms with van der Waals surface area (Å²) in [6.07, 6.45) is 9.38. The minimum absolute atomic E-state index is 0.0172. The lowest BCUT2D eigenvalue weighted by atomic mass is 9.55. The number of carbonyl (C=O) groups is 1. The van der Waals surface area contributed by atoms with E-state index in [0.717, 1.165) is 62.9 Å². The predicted octanol–water partition coefficient (Wildman–Crippen LogP) is 4.48. The van der Waals surface area contributed by atoms with Crippen molar-refractivity contribution in [1.29, 1.82) is 0 Å². The molecule has 1 spiro atoms. The molecule has 5 heteroatoms. The van der Waals surface area contributed by atoms with E-state index in [2.05, 4.69) is 40.0 Å². The maximum Gasteiger partial charge on any atom is 0.276 e. The first-order valence-electron chi connectivity index (χ1n) is 12.5. The highest BCUT2D eigenvalue weighted by Crippen LogP contribution is 2.59. The van der Waals surface area contributed by atoms with E-state index in [1.807, 2.05) is 18.2 Å². The number of nitrogens with zero attached hydrogens (tertiary/aromatic N) is 2. The standard InChI is InChI=1S/C28H33N3O2/c1-18-22-11-9-20-16-19-8-10-21(33-2)17-23(19)28(13-15-29-20)12-5-7-25(26(22)28)31(18)27(32)24-6-3-4-14-30-24/h3-4,6,8,10,14,17,20,22,25-26,29H,1,5,7,9,11-13,15-16H2,2H3/t20?,22-,25?,26?,28?/m1/s1. The highest BCUT2D eigenvalue weighted by atomic mass is 16.5. The average molecular weight is 444 g/mol. The Bertz CT molecular complexity index is 1080. The van der Waals surface area contributed by atoms with Crippen LogP contribution in [0.5, 0.6) is 5.75 Å². The third-order valence-corrected chi connectivity index (χ3v) is 8.93. The summed E-state index contributed by atoms with van der Waals surface area (Å²) < 4.78 is 5.70. The van der Waals surface area contributed by atoms with Crippen molar-refractivity contribution in [3.8, 4) is 5.75 Å². The number of allylic oxidation sites excluding steroid dienone is 1. The van der Waals surface area contributed by atoms with Crippen molar-refractivity contribution >= 4 is 5.91 Å². The SMILES string of the molecule is C=C1[C@H]2CCC3Cc4ccc(OC)cc4C4(CCCC(C24)N1C(=O)c1ccccn1)CCN3. The van der Waals surface area contributed by atoms with Crippen LogP contribution in [0, 0.1) is 11.8 Å². The van der Waals surface area contributed by atoms with Gasteiger partial charge in [0.2, 0.25) is 0 Å². The summed E-state index contributed by atoms with van der Waals surface area (Å²) in [5.41, 5.74) is 4.49. The van der Waals surface area contributed by atoms with Gasteiger partial charge in [0.15, 0.2) is 0 Å². The van der Waals surface area contributed by atoms with Gasteiger partial charge in [0.05, 0.1) is 7.11 Å². The van der Waals surface area contributed by atoms with Gasteiger partial charge >= 0.3 is 0 Å². The molecule has 5 nitrogen and oxygen atoms in total. The number of pyridine rings is 1. The van der Waals surface area contributed by atoms with Crippen LogP contribution in [0.2, 0.25) is 0 Å². The van der Waals surface area contributed by atoms with E-state index in [9.17, 15) is 4.79 Å². The molecule has 33 heavy (non-hydrogen) atoms. The predicted molar refractivity (Wildman–Crippen MR) is 128 cm³/mol. The minimum atomic E-state index is 0.0172. The molecule has 1 aromatic heterocycles. The molecule has 3 aliphatic heterocycles. The van der Waals surface area contributed by atoms with Gasteiger partial charge in [-0.3, -0.25) is 9.78 Å². The van der Waals surface area contributed by atoms with Crippen molar-refractivity contribution in [2.24, 2.45) is 11.8 Å². The first-order chi connectivity index (χ1) is 16.1. The molecule has 4 unspecified atom stereocenters. The summed E-state index contributed by atoms with van der Waals surface area (Å²) in [7, 11) is 1.76. The van der Waals surface area contributed by atoms with Gasteiger partial charge in [0.1, 0.15) is 11.4 Å². The second-order valence-electron chi connectivity index (χ2n) is 10.3. The second kappa shape index (κ2) is 7.98. The Morgan fingerprint density at radius 3 is 2.94 bits per heavy atom. The number of hydrogen-bond acceptors (Lipinski definition) is 4. The Labute approximate surface area is 196 Å². The summed E-state index contributed by atoms with van der Waals surface area (Å²) in [6, 6.07) is 13.0. The number of ether oxygens (including phenoxy) is 1. The molecule has 3 fully saturated rings. The Morgan fingerprint density at radius 1 is 1.21 bits per heavy atom. The molecule has 5 atom stereocenters. The number of rotatable bonds is 2. The minimum Gasteiger partial charge on any atom is -0.497 e. The van der Waals surface area contributed by atoms with E-state index in [1.54, 1.807) is 13.3 Å². The number of aromatic nitrogens is 1. The molecule has 2 aliphatic carbocycles. The van der Waals surface area contributed by atoms with Gasteiger partial charge in [-0.1, -0.05) is 25.1 Å². The third kappa shape index (κ3) is 3.16. The molecule has 2 saturated heterocycles. The van der Waals surface area contributed by atoms with Gasteiger partial charge < -0.3 is 15.0 Å². The van der Waals surface area contributed by atoms with Crippen LogP contribution < -0.4 is 10.1 Å². The van der Waals surface area contributed by atoms with E-state index in [0.29, 0.717) is 23.6 Å². The maximum atomic E-state index is 13.7. The monoisotopic (exact) mass is 443 g/mol. The van der Waals surface area contributed by atoms with Crippen molar-refractivity contribution in [2.75, 3.05) is 13.7 Å². The van der Waals surface area contributed by atoms with Gasteiger partial charge in [-0.05, 0) is 86.4 Å². The van der Waals surface area contributed by atoms with Crippen LogP contribution in [0.25, 0.3) is 0 Å². The Morgan fingerprint density at radius 2 is 2.12 bits per heavy atom. The number of carbonyl (C=O) groups excluding carboxylic acids is 1. The van der Waals surface area contributed by atoms with E-state index in [-0.39, 0.29) is 17.4 Å². The molecule has 172 valence electrons. The quantitative estimate of drug-likeness (QED) is 0.744. The molecule has 1 amide bonds. The Balaban J connectivity index is 1.52. The van der Waals surface area contributed by atoms with Gasteiger partial charge in [0.25, 0.3) is 5.91 Å². The molecule has 1 aromatic carbocycles. The molecule has 0 radical (unpaired) electrons. The lowest BCUT2D eigenvalue weighted by Crippen LogP contribution is -2.51. The van der Waals surface area contributed by atoms with E-state index >= 15 is 0 Å². The molecular weight excluding hydrogens is 410 g/mol. The van der Waals surface area contributed by atoms with Crippen molar-refractivity contribution in [3.63, 3.8) is 0 Å². The number of amides is 1. The smallest absolute Gasteiger partial charge is 0.276 e. The zero-order valence-electron chi connectivity index (χ0n) is 19.4. The number of benzene rings is 1. The molecule has 4 heterocycles. The van der Waals surface area contributed by atoms with E-state index in [4.69, 9.17) is 4.74 Å². The first kappa shape index (κ1) is 20.9. The normalized spacial score (nSPS) is 32.8. The largest absolute Gasteiger partial charge is 0.497 e. The summed E-state index contributed by atoms with van der Waals surface area (Å²) in [4.78, 5) is 20.2. The van der Waals surface area contributed by atoms with E-state index < -0.39 is 0 Å². The molecule has 1 saturated carbocycles. The molecule has 1 N–H and O–H groups in total. The topological polar surface area (TPSA) is 54.5 Å². The molecule has 2 aromatic rings. The fourth-order valence-electron chi connectivity index (χ4n) is 7.61. The number of likely N-dealkylation sites (tertiary alicyclic amines) is 1. The summed E-state index contributed by atoms with van der Waals surface area (Å²) >= 11 is 0. The van der Waals surface area contributed by atoms with Crippen LogP contribution in [0.3, 0.4) is 0 Å². The van der Waals surface area contributed by atoms with Crippen LogP contribution in [-0.2, 0) is 11.8 Å². The van der Waals surface area contributed by atoms with Crippen molar-refractivity contribution in [3.05, 3.63) is 71.7 Å². The van der Waals surface area contributed by atoms with Crippen molar-refractivity contribution in [2.45, 2.75) is 62.4 Å². The van der Waals surface area contributed by atoms with Crippen molar-refractivity contribution in [1.82, 2.24) is 15.2 Å². The Kier molecular flexibility index (Phi) is 5.06. The van der Waals surface area contributed by atoms with Crippen LogP contribution >= 0.6 is 0 Å². The molecular formula is C28H33N3O2. The second-order valence-corrected chi connectivity index (χ2v) is 10.3. The average Bonchev–Trinajstić information content (AvgIpc) is 3.19. The number of methoxy groups -OCH3 is 1. The Hall–Kier alpha value is -2.66. The first-order valence-corrected chi connectivity index (χ1v) is 12.5. The lowest BCUT2D eigenvalue weighted by Gasteiger charge is -2.50. The van der Waals surface area contributed by atoms with Crippen molar-refractivity contribution < 1.29 is 9.53 Å². The summed E-state index contributed by atoms with van der Waals surface area (Å²) in [6.45, 7) is 5.59. The fourth-order valence-corrected chi connectivity index (χ4v) is 7.61.